The highest BCUT2D eigenvalue weighted by Crippen LogP contribution is 2.30. The summed E-state index contributed by atoms with van der Waals surface area (Å²) in [7, 11) is 0. The molecule has 0 bridgehead atoms. The second-order valence-corrected chi connectivity index (χ2v) is 6.79. The molecule has 7 heteroatoms. The van der Waals surface area contributed by atoms with E-state index in [-0.39, 0.29) is 0 Å². The van der Waals surface area contributed by atoms with Gasteiger partial charge in [-0.15, -0.1) is 11.3 Å². The van der Waals surface area contributed by atoms with E-state index in [1.165, 1.54) is 4.88 Å². The molecular weight excluding hydrogens is 290 g/mol. The molecule has 0 aromatic carbocycles. The van der Waals surface area contributed by atoms with E-state index < -0.39 is 0 Å². The van der Waals surface area contributed by atoms with Crippen molar-refractivity contribution in [3.05, 3.63) is 10.9 Å². The number of aryl methyl sites for hydroxylation is 1. The molecule has 110 valence electrons. The van der Waals surface area contributed by atoms with Gasteiger partial charge in [0.25, 0.3) is 0 Å². The van der Waals surface area contributed by atoms with E-state index in [0.29, 0.717) is 11.9 Å². The molecule has 4 N–H and O–H groups in total. The summed E-state index contributed by atoms with van der Waals surface area (Å²) in [4.78, 5) is 11.1. The van der Waals surface area contributed by atoms with Crippen LogP contribution in [-0.2, 0) is 6.42 Å². The molecule has 20 heavy (non-hydrogen) atoms. The second-order valence-electron chi connectivity index (χ2n) is 4.77. The molecule has 0 aliphatic heterocycles. The van der Waals surface area contributed by atoms with Crippen molar-refractivity contribution < 1.29 is 0 Å². The van der Waals surface area contributed by atoms with E-state index in [4.69, 9.17) is 5.84 Å². The Balaban J connectivity index is 2.27. The number of thiophene rings is 1. The standard InChI is InChI=1S/C13H21N5S2/c1-4-9-5-10-11(15-6-8(2)7-19-3)16-13(18-14)17-12(10)20-9/h5,8H,4,6-7,14H2,1-3H3,(H2,15,16,17,18). The van der Waals surface area contributed by atoms with Crippen LogP contribution in [0.15, 0.2) is 6.07 Å². The normalized spacial score (nSPS) is 12.6. The zero-order valence-corrected chi connectivity index (χ0v) is 13.7. The molecule has 2 heterocycles. The van der Waals surface area contributed by atoms with Crippen LogP contribution < -0.4 is 16.6 Å². The molecule has 0 radical (unpaired) electrons. The molecule has 0 amide bonds. The van der Waals surface area contributed by atoms with Crippen molar-refractivity contribution in [2.75, 3.05) is 29.3 Å². The molecule has 0 spiro atoms. The molecule has 0 aliphatic carbocycles. The van der Waals surface area contributed by atoms with Gasteiger partial charge in [-0.2, -0.15) is 16.7 Å². The van der Waals surface area contributed by atoms with E-state index in [9.17, 15) is 0 Å². The van der Waals surface area contributed by atoms with Crippen LogP contribution in [0.2, 0.25) is 0 Å². The van der Waals surface area contributed by atoms with Gasteiger partial charge in [0, 0.05) is 11.4 Å². The van der Waals surface area contributed by atoms with Crippen molar-refractivity contribution in [3.63, 3.8) is 0 Å². The number of aromatic nitrogens is 2. The average molecular weight is 311 g/mol. The van der Waals surface area contributed by atoms with Crippen molar-refractivity contribution in [1.82, 2.24) is 9.97 Å². The first kappa shape index (κ1) is 15.3. The van der Waals surface area contributed by atoms with Crippen molar-refractivity contribution >= 4 is 45.1 Å². The number of anilines is 2. The minimum absolute atomic E-state index is 0.460. The Morgan fingerprint density at radius 1 is 1.45 bits per heavy atom. The predicted octanol–water partition coefficient (Wildman–Crippen LogP) is 2.95. The maximum atomic E-state index is 5.45. The van der Waals surface area contributed by atoms with Gasteiger partial charge in [-0.05, 0) is 30.4 Å². The summed E-state index contributed by atoms with van der Waals surface area (Å²) >= 11 is 3.56. The van der Waals surface area contributed by atoms with Gasteiger partial charge < -0.3 is 5.32 Å². The summed E-state index contributed by atoms with van der Waals surface area (Å²) in [6, 6.07) is 2.17. The number of thioether (sulfide) groups is 1. The van der Waals surface area contributed by atoms with Crippen LogP contribution in [-0.4, -0.2) is 28.5 Å². The highest BCUT2D eigenvalue weighted by Gasteiger charge is 2.11. The Morgan fingerprint density at radius 2 is 2.25 bits per heavy atom. The lowest BCUT2D eigenvalue weighted by Crippen LogP contribution is -2.16. The lowest BCUT2D eigenvalue weighted by Gasteiger charge is -2.13. The van der Waals surface area contributed by atoms with Crippen molar-refractivity contribution in [3.8, 4) is 0 Å². The topological polar surface area (TPSA) is 75.9 Å². The van der Waals surface area contributed by atoms with Gasteiger partial charge in [0.05, 0.1) is 5.39 Å². The number of hydrogen-bond donors (Lipinski definition) is 3. The Labute approximate surface area is 127 Å². The second kappa shape index (κ2) is 7.10. The molecule has 2 aromatic heterocycles. The van der Waals surface area contributed by atoms with Gasteiger partial charge in [-0.3, -0.25) is 5.43 Å². The monoisotopic (exact) mass is 311 g/mol. The first-order valence-electron chi connectivity index (χ1n) is 6.67. The van der Waals surface area contributed by atoms with Crippen molar-refractivity contribution in [2.24, 2.45) is 11.8 Å². The van der Waals surface area contributed by atoms with E-state index in [0.717, 1.165) is 34.8 Å². The molecular formula is C13H21N5S2. The van der Waals surface area contributed by atoms with Crippen molar-refractivity contribution in [1.29, 1.82) is 0 Å². The lowest BCUT2D eigenvalue weighted by molar-refractivity contribution is 0.700. The molecule has 0 aliphatic rings. The number of rotatable bonds is 7. The van der Waals surface area contributed by atoms with E-state index in [2.05, 4.69) is 46.9 Å². The van der Waals surface area contributed by atoms with E-state index in [1.807, 2.05) is 11.8 Å². The maximum absolute atomic E-state index is 5.45. The highest BCUT2D eigenvalue weighted by atomic mass is 32.2. The molecule has 1 unspecified atom stereocenters. The Bertz CT molecular complexity index is 569. The third kappa shape index (κ3) is 3.53. The summed E-state index contributed by atoms with van der Waals surface area (Å²) in [5, 5.41) is 4.52. The number of nitrogen functional groups attached to an aromatic ring is 1. The first-order valence-corrected chi connectivity index (χ1v) is 8.88. The fourth-order valence-corrected chi connectivity index (χ4v) is 3.61. The van der Waals surface area contributed by atoms with Crippen LogP contribution in [0, 0.1) is 5.92 Å². The van der Waals surface area contributed by atoms with Crippen LogP contribution in [0.4, 0.5) is 11.8 Å². The first-order chi connectivity index (χ1) is 9.67. The van der Waals surface area contributed by atoms with Crippen LogP contribution in [0.5, 0.6) is 0 Å². The Morgan fingerprint density at radius 3 is 2.90 bits per heavy atom. The SMILES string of the molecule is CCc1cc2c(NCC(C)CSC)nc(NN)nc2s1. The number of hydrogen-bond acceptors (Lipinski definition) is 7. The van der Waals surface area contributed by atoms with Gasteiger partial charge in [-0.25, -0.2) is 10.8 Å². The van der Waals surface area contributed by atoms with Crippen LogP contribution in [0.3, 0.4) is 0 Å². The quantitative estimate of drug-likeness (QED) is 0.539. The maximum Gasteiger partial charge on any atom is 0.240 e. The predicted molar refractivity (Wildman–Crippen MR) is 90.6 cm³/mol. The summed E-state index contributed by atoms with van der Waals surface area (Å²) < 4.78 is 0. The third-order valence-corrected chi connectivity index (χ3v) is 5.07. The van der Waals surface area contributed by atoms with Gasteiger partial charge in [0.1, 0.15) is 10.6 Å². The van der Waals surface area contributed by atoms with Crippen LogP contribution in [0.25, 0.3) is 10.2 Å². The number of nitrogens with zero attached hydrogens (tertiary/aromatic N) is 2. The average Bonchev–Trinajstić information content (AvgIpc) is 2.87. The fraction of sp³-hybridized carbons (Fsp3) is 0.538. The smallest absolute Gasteiger partial charge is 0.240 e. The number of fused-ring (bicyclic) bond motifs is 1. The molecule has 0 saturated heterocycles. The van der Waals surface area contributed by atoms with Gasteiger partial charge in [-0.1, -0.05) is 13.8 Å². The lowest BCUT2D eigenvalue weighted by atomic mass is 10.2. The fourth-order valence-electron chi connectivity index (χ4n) is 1.96. The Kier molecular flexibility index (Phi) is 5.45. The number of nitrogens with one attached hydrogen (secondary N) is 2. The van der Waals surface area contributed by atoms with E-state index >= 15 is 0 Å². The zero-order valence-electron chi connectivity index (χ0n) is 12.1. The number of hydrazine groups is 1. The minimum atomic E-state index is 0.460. The third-order valence-electron chi connectivity index (χ3n) is 2.99. The van der Waals surface area contributed by atoms with Gasteiger partial charge >= 0.3 is 0 Å². The summed E-state index contributed by atoms with van der Waals surface area (Å²) in [5.74, 6) is 8.50. The highest BCUT2D eigenvalue weighted by molar-refractivity contribution is 7.98. The largest absolute Gasteiger partial charge is 0.369 e. The zero-order chi connectivity index (χ0) is 14.5. The minimum Gasteiger partial charge on any atom is -0.369 e. The van der Waals surface area contributed by atoms with Gasteiger partial charge in [0.15, 0.2) is 0 Å². The summed E-state index contributed by atoms with van der Waals surface area (Å²) in [6.07, 6.45) is 3.14. The van der Waals surface area contributed by atoms with Crippen LogP contribution >= 0.6 is 23.1 Å². The van der Waals surface area contributed by atoms with Crippen molar-refractivity contribution in [2.45, 2.75) is 20.3 Å². The van der Waals surface area contributed by atoms with E-state index in [1.54, 1.807) is 11.3 Å². The van der Waals surface area contributed by atoms with Gasteiger partial charge in [0.2, 0.25) is 5.95 Å². The van der Waals surface area contributed by atoms with Crippen LogP contribution in [0.1, 0.15) is 18.7 Å². The molecule has 2 rings (SSSR count). The molecule has 1 atom stereocenters. The number of nitrogens with two attached hydrogens (primary N) is 1. The summed E-state index contributed by atoms with van der Waals surface area (Å²) in [6.45, 7) is 5.28. The molecule has 2 aromatic rings. The summed E-state index contributed by atoms with van der Waals surface area (Å²) in [5.41, 5.74) is 2.54. The molecule has 0 saturated carbocycles. The molecule has 5 nitrogen and oxygen atoms in total. The molecule has 0 fully saturated rings. The Hall–Kier alpha value is -1.05.